The molecule has 2 atom stereocenters. The molecule has 1 amide bonds. The van der Waals surface area contributed by atoms with Gasteiger partial charge in [0.1, 0.15) is 29.5 Å². The zero-order valence-corrected chi connectivity index (χ0v) is 19.8. The van der Waals surface area contributed by atoms with Gasteiger partial charge in [0.05, 0.1) is 5.25 Å². The number of thioether (sulfide) groups is 1. The quantitative estimate of drug-likeness (QED) is 0.698. The number of fused-ring (bicyclic) bond motifs is 1. The Hall–Kier alpha value is -2.67. The average Bonchev–Trinajstić information content (AvgIpc) is 3.03. The lowest BCUT2D eigenvalue weighted by molar-refractivity contribution is -0.117. The summed E-state index contributed by atoms with van der Waals surface area (Å²) in [6.07, 6.45) is 2.22. The molecular formula is C25H30N2O4S. The van der Waals surface area contributed by atoms with E-state index in [1.165, 1.54) is 11.8 Å². The molecule has 4 rings (SSSR count). The highest BCUT2D eigenvalue weighted by Crippen LogP contribution is 2.41. The third-order valence-electron chi connectivity index (χ3n) is 5.91. The summed E-state index contributed by atoms with van der Waals surface area (Å²) in [5.74, 6) is 1.73. The van der Waals surface area contributed by atoms with E-state index in [4.69, 9.17) is 15.2 Å². The van der Waals surface area contributed by atoms with Gasteiger partial charge < -0.3 is 20.3 Å². The molecule has 7 heteroatoms. The second kappa shape index (κ2) is 8.35. The van der Waals surface area contributed by atoms with E-state index in [0.717, 1.165) is 41.0 Å². The van der Waals surface area contributed by atoms with Crippen LogP contribution in [0.5, 0.6) is 17.2 Å². The van der Waals surface area contributed by atoms with Crippen LogP contribution in [0, 0.1) is 0 Å². The van der Waals surface area contributed by atoms with Gasteiger partial charge in [-0.2, -0.15) is 4.99 Å². The van der Waals surface area contributed by atoms with Crippen LogP contribution in [-0.4, -0.2) is 33.6 Å². The summed E-state index contributed by atoms with van der Waals surface area (Å²) >= 11 is 1.31. The molecule has 3 N–H and O–H groups in total. The third kappa shape index (κ3) is 4.88. The Bertz CT molecular complexity index is 1060. The highest BCUT2D eigenvalue weighted by molar-refractivity contribution is 8.15. The van der Waals surface area contributed by atoms with Crippen LogP contribution in [0.15, 0.2) is 41.4 Å². The summed E-state index contributed by atoms with van der Waals surface area (Å²) < 4.78 is 12.4. The molecule has 170 valence electrons. The van der Waals surface area contributed by atoms with E-state index < -0.39 is 5.60 Å². The van der Waals surface area contributed by atoms with Gasteiger partial charge in [-0.15, -0.1) is 0 Å². The molecule has 0 saturated carbocycles. The van der Waals surface area contributed by atoms with Crippen molar-refractivity contribution in [3.63, 3.8) is 0 Å². The van der Waals surface area contributed by atoms with Crippen LogP contribution in [0.3, 0.4) is 0 Å². The van der Waals surface area contributed by atoms with E-state index in [-0.39, 0.29) is 16.6 Å². The fraction of sp³-hybridized carbons (Fsp3) is 0.440. The van der Waals surface area contributed by atoms with E-state index in [1.54, 1.807) is 0 Å². The van der Waals surface area contributed by atoms with Crippen LogP contribution in [0.25, 0.3) is 0 Å². The number of amides is 1. The van der Waals surface area contributed by atoms with Crippen molar-refractivity contribution in [1.82, 2.24) is 0 Å². The van der Waals surface area contributed by atoms with Crippen LogP contribution < -0.4 is 15.2 Å². The fourth-order valence-corrected chi connectivity index (χ4v) is 4.89. The molecular weight excluding hydrogens is 424 g/mol. The number of hydrogen-bond donors (Lipinski definition) is 2. The number of aryl methyl sites for hydroxylation is 1. The topological polar surface area (TPSA) is 94.1 Å². The van der Waals surface area contributed by atoms with Crippen LogP contribution in [0.2, 0.25) is 0 Å². The fourth-order valence-electron chi connectivity index (χ4n) is 4.02. The molecule has 2 aromatic carbocycles. The summed E-state index contributed by atoms with van der Waals surface area (Å²) in [5.41, 5.74) is 7.94. The van der Waals surface area contributed by atoms with Gasteiger partial charge in [-0.1, -0.05) is 44.7 Å². The number of aliphatic imine (C=N–C) groups is 1. The number of amidine groups is 1. The lowest BCUT2D eigenvalue weighted by Gasteiger charge is -2.36. The van der Waals surface area contributed by atoms with Crippen molar-refractivity contribution in [3.8, 4) is 17.2 Å². The van der Waals surface area contributed by atoms with Crippen LogP contribution in [0.4, 0.5) is 0 Å². The van der Waals surface area contributed by atoms with Crippen molar-refractivity contribution in [1.29, 1.82) is 0 Å². The van der Waals surface area contributed by atoms with Gasteiger partial charge in [0, 0.05) is 5.56 Å². The number of phenolic OH excluding ortho intramolecular Hbond substituents is 1. The molecule has 2 aliphatic rings. The molecule has 2 heterocycles. The number of ether oxygens (including phenoxy) is 2. The first-order chi connectivity index (χ1) is 15.0. The van der Waals surface area contributed by atoms with Crippen molar-refractivity contribution in [2.24, 2.45) is 10.7 Å². The van der Waals surface area contributed by atoms with Gasteiger partial charge in [0.15, 0.2) is 5.17 Å². The monoisotopic (exact) mass is 454 g/mol. The minimum atomic E-state index is -0.459. The van der Waals surface area contributed by atoms with E-state index in [1.807, 2.05) is 36.4 Å². The largest absolute Gasteiger partial charge is 0.508 e. The standard InChI is InChI=1S/C25H30N2O4S/c1-24(2,3)18-13-20-16(12-19(18)28)9-10-25(4,31-20)14-30-17-7-5-15(6-8-17)11-21-22(29)27-23(26)32-21/h5-8,12-13,21,28H,9-11,14H2,1-4H3,(H2,26,27,29). The maximum absolute atomic E-state index is 11.8. The van der Waals surface area contributed by atoms with Crippen molar-refractivity contribution in [2.75, 3.05) is 6.61 Å². The lowest BCUT2D eigenvalue weighted by atomic mass is 9.84. The number of carbonyl (C=O) groups is 1. The van der Waals surface area contributed by atoms with Crippen LogP contribution >= 0.6 is 11.8 Å². The molecule has 0 aliphatic carbocycles. The summed E-state index contributed by atoms with van der Waals surface area (Å²) in [6.45, 7) is 8.70. The first-order valence-electron chi connectivity index (χ1n) is 10.8. The summed E-state index contributed by atoms with van der Waals surface area (Å²) in [4.78, 5) is 15.6. The molecule has 0 radical (unpaired) electrons. The minimum Gasteiger partial charge on any atom is -0.508 e. The second-order valence-electron chi connectivity index (χ2n) is 9.81. The number of hydrogen-bond acceptors (Lipinski definition) is 6. The van der Waals surface area contributed by atoms with E-state index in [9.17, 15) is 9.90 Å². The maximum Gasteiger partial charge on any atom is 0.261 e. The van der Waals surface area contributed by atoms with E-state index >= 15 is 0 Å². The van der Waals surface area contributed by atoms with Crippen molar-refractivity contribution in [3.05, 3.63) is 53.1 Å². The number of rotatable bonds is 5. The van der Waals surface area contributed by atoms with Crippen molar-refractivity contribution >= 4 is 22.8 Å². The maximum atomic E-state index is 11.8. The van der Waals surface area contributed by atoms with Gasteiger partial charge >= 0.3 is 0 Å². The van der Waals surface area contributed by atoms with Crippen molar-refractivity contribution < 1.29 is 19.4 Å². The molecule has 0 spiro atoms. The summed E-state index contributed by atoms with van der Waals surface area (Å²) in [5, 5.41) is 10.5. The molecule has 0 fully saturated rings. The average molecular weight is 455 g/mol. The molecule has 6 nitrogen and oxygen atoms in total. The Morgan fingerprint density at radius 2 is 2.00 bits per heavy atom. The van der Waals surface area contributed by atoms with E-state index in [0.29, 0.717) is 23.9 Å². The van der Waals surface area contributed by atoms with Gasteiger partial charge in [-0.3, -0.25) is 4.79 Å². The number of nitrogens with two attached hydrogens (primary N) is 1. The Labute approximate surface area is 193 Å². The zero-order chi connectivity index (χ0) is 23.1. The number of aromatic hydroxyl groups is 1. The van der Waals surface area contributed by atoms with Crippen LogP contribution in [-0.2, 0) is 23.1 Å². The predicted molar refractivity (Wildman–Crippen MR) is 128 cm³/mol. The first kappa shape index (κ1) is 22.5. The molecule has 32 heavy (non-hydrogen) atoms. The number of carbonyl (C=O) groups excluding carboxylic acids is 1. The molecule has 2 aliphatic heterocycles. The Balaban J connectivity index is 1.38. The smallest absolute Gasteiger partial charge is 0.261 e. The van der Waals surface area contributed by atoms with Gasteiger partial charge in [0.2, 0.25) is 0 Å². The highest BCUT2D eigenvalue weighted by Gasteiger charge is 2.34. The summed E-state index contributed by atoms with van der Waals surface area (Å²) in [7, 11) is 0. The predicted octanol–water partition coefficient (Wildman–Crippen LogP) is 4.35. The first-order valence-corrected chi connectivity index (χ1v) is 11.7. The van der Waals surface area contributed by atoms with E-state index in [2.05, 4.69) is 32.7 Å². The van der Waals surface area contributed by atoms with Gasteiger partial charge in [0.25, 0.3) is 5.91 Å². The minimum absolute atomic E-state index is 0.168. The molecule has 0 bridgehead atoms. The normalized spacial score (nSPS) is 22.8. The molecule has 2 aromatic rings. The van der Waals surface area contributed by atoms with Crippen LogP contribution in [0.1, 0.15) is 50.8 Å². The Morgan fingerprint density at radius 3 is 2.62 bits per heavy atom. The number of nitrogens with zero attached hydrogens (tertiary/aromatic N) is 1. The van der Waals surface area contributed by atoms with Crippen molar-refractivity contribution in [2.45, 2.75) is 63.2 Å². The highest BCUT2D eigenvalue weighted by atomic mass is 32.2. The molecule has 0 saturated heterocycles. The molecule has 2 unspecified atom stereocenters. The Kier molecular flexibility index (Phi) is 5.88. The number of phenols is 1. The number of benzene rings is 2. The SMILES string of the molecule is CC1(COc2ccc(CC3SC(N)=NC3=O)cc2)CCc2cc(O)c(C(C)(C)C)cc2O1. The third-order valence-corrected chi connectivity index (χ3v) is 6.90. The Morgan fingerprint density at radius 1 is 1.28 bits per heavy atom. The van der Waals surface area contributed by atoms with Gasteiger partial charge in [-0.05, 0) is 67.0 Å². The second-order valence-corrected chi connectivity index (χ2v) is 11.0. The lowest BCUT2D eigenvalue weighted by Crippen LogP contribution is -2.42. The van der Waals surface area contributed by atoms with Gasteiger partial charge in [-0.25, -0.2) is 0 Å². The molecule has 0 aromatic heterocycles. The zero-order valence-electron chi connectivity index (χ0n) is 19.0. The summed E-state index contributed by atoms with van der Waals surface area (Å²) in [6, 6.07) is 11.6.